The average Bonchev–Trinajstić information content (AvgIpc) is 3.32. The van der Waals surface area contributed by atoms with E-state index in [9.17, 15) is 8.42 Å². The third kappa shape index (κ3) is 4.10. The first-order valence-electron chi connectivity index (χ1n) is 8.77. The van der Waals surface area contributed by atoms with Crippen molar-refractivity contribution in [3.8, 4) is 10.7 Å². The molecule has 0 unspecified atom stereocenters. The molecule has 3 aromatic heterocycles. The summed E-state index contributed by atoms with van der Waals surface area (Å²) in [6.45, 7) is 4.62. The molecule has 0 aliphatic carbocycles. The Hall–Kier alpha value is -1.86. The van der Waals surface area contributed by atoms with Crippen LogP contribution in [0, 0.1) is 0 Å². The number of aromatic nitrogens is 3. The smallest absolute Gasteiger partial charge is 0.211 e. The number of nitrogen functional groups attached to an aromatic ring is 1. The third-order valence-electron chi connectivity index (χ3n) is 4.31. The number of thiazole rings is 1. The number of nitrogens with zero attached hydrogens (tertiary/aromatic N) is 4. The molecule has 12 heteroatoms. The highest BCUT2D eigenvalue weighted by Gasteiger charge is 2.21. The van der Waals surface area contributed by atoms with Crippen LogP contribution in [-0.4, -0.2) is 55.4 Å². The molecular weight excluding hydrogens is 420 g/mol. The van der Waals surface area contributed by atoms with Gasteiger partial charge in [0.2, 0.25) is 10.0 Å². The molecule has 28 heavy (non-hydrogen) atoms. The summed E-state index contributed by atoms with van der Waals surface area (Å²) in [6, 6.07) is 1.91. The van der Waals surface area contributed by atoms with Crippen LogP contribution in [0.2, 0.25) is 0 Å². The number of nitrogens with two attached hydrogens (primary N) is 1. The van der Waals surface area contributed by atoms with Gasteiger partial charge in [-0.1, -0.05) is 11.3 Å². The normalized spacial score (nSPS) is 15.4. The molecule has 0 atom stereocenters. The number of nitrogens with one attached hydrogen (secondary N) is 1. The van der Waals surface area contributed by atoms with E-state index in [1.807, 2.05) is 6.07 Å². The quantitative estimate of drug-likeness (QED) is 0.593. The van der Waals surface area contributed by atoms with E-state index in [0.29, 0.717) is 24.2 Å². The van der Waals surface area contributed by atoms with E-state index in [1.165, 1.54) is 22.7 Å². The van der Waals surface area contributed by atoms with Crippen LogP contribution in [0.4, 0.5) is 10.9 Å². The number of hydrogen-bond acceptors (Lipinski definition) is 10. The highest BCUT2D eigenvalue weighted by atomic mass is 32.2. The highest BCUT2D eigenvalue weighted by molar-refractivity contribution is 7.89. The lowest BCUT2D eigenvalue weighted by molar-refractivity contribution is 0.122. The summed E-state index contributed by atoms with van der Waals surface area (Å²) in [4.78, 5) is 17.4. The molecule has 1 aliphatic heterocycles. The Balaban J connectivity index is 1.76. The molecule has 4 rings (SSSR count). The number of hydrogen-bond donors (Lipinski definition) is 2. The van der Waals surface area contributed by atoms with Crippen molar-refractivity contribution in [1.82, 2.24) is 19.7 Å². The van der Waals surface area contributed by atoms with E-state index in [-0.39, 0.29) is 12.3 Å². The first kappa shape index (κ1) is 19.5. The fourth-order valence-corrected chi connectivity index (χ4v) is 5.17. The third-order valence-corrected chi connectivity index (χ3v) is 7.59. The van der Waals surface area contributed by atoms with Crippen molar-refractivity contribution in [2.24, 2.45) is 0 Å². The van der Waals surface area contributed by atoms with Crippen LogP contribution < -0.4 is 15.4 Å². The summed E-state index contributed by atoms with van der Waals surface area (Å²) in [7, 11) is -3.26. The average molecular weight is 441 g/mol. The van der Waals surface area contributed by atoms with Gasteiger partial charge in [0.15, 0.2) is 16.8 Å². The van der Waals surface area contributed by atoms with Crippen LogP contribution in [0.1, 0.15) is 11.8 Å². The monoisotopic (exact) mass is 440 g/mol. The Kier molecular flexibility index (Phi) is 5.47. The number of sulfonamides is 1. The molecule has 1 saturated heterocycles. The van der Waals surface area contributed by atoms with Gasteiger partial charge in [0.1, 0.15) is 0 Å². The van der Waals surface area contributed by atoms with E-state index in [1.54, 1.807) is 13.1 Å². The van der Waals surface area contributed by atoms with Crippen molar-refractivity contribution in [3.05, 3.63) is 17.1 Å². The number of ether oxygens (including phenoxy) is 1. The minimum absolute atomic E-state index is 0.0493. The Morgan fingerprint density at radius 3 is 2.75 bits per heavy atom. The van der Waals surface area contributed by atoms with Crippen molar-refractivity contribution >= 4 is 53.9 Å². The Morgan fingerprint density at radius 1 is 1.29 bits per heavy atom. The van der Waals surface area contributed by atoms with E-state index in [4.69, 9.17) is 15.5 Å². The van der Waals surface area contributed by atoms with Gasteiger partial charge < -0.3 is 15.4 Å². The minimum Gasteiger partial charge on any atom is -0.378 e. The summed E-state index contributed by atoms with van der Waals surface area (Å²) in [5, 5.41) is 0.464. The molecule has 0 amide bonds. The van der Waals surface area contributed by atoms with Crippen molar-refractivity contribution in [1.29, 1.82) is 0 Å². The fourth-order valence-electron chi connectivity index (χ4n) is 2.83. The highest BCUT2D eigenvalue weighted by Crippen LogP contribution is 2.35. The van der Waals surface area contributed by atoms with Gasteiger partial charge in [-0.3, -0.25) is 0 Å². The largest absolute Gasteiger partial charge is 0.378 e. The van der Waals surface area contributed by atoms with Gasteiger partial charge >= 0.3 is 0 Å². The van der Waals surface area contributed by atoms with Crippen LogP contribution >= 0.6 is 22.7 Å². The summed E-state index contributed by atoms with van der Waals surface area (Å²) < 4.78 is 32.6. The van der Waals surface area contributed by atoms with Crippen molar-refractivity contribution in [2.75, 3.05) is 42.7 Å². The van der Waals surface area contributed by atoms with E-state index >= 15 is 0 Å². The van der Waals surface area contributed by atoms with Crippen molar-refractivity contribution in [3.63, 3.8) is 0 Å². The molecule has 3 N–H and O–H groups in total. The maximum absolute atomic E-state index is 11.8. The van der Waals surface area contributed by atoms with Crippen LogP contribution in [0.25, 0.3) is 20.9 Å². The zero-order valence-electron chi connectivity index (χ0n) is 15.2. The zero-order valence-corrected chi connectivity index (χ0v) is 17.7. The molecule has 4 heterocycles. The van der Waals surface area contributed by atoms with Crippen LogP contribution in [0.3, 0.4) is 0 Å². The zero-order chi connectivity index (χ0) is 19.7. The first-order chi connectivity index (χ1) is 13.4. The predicted octanol–water partition coefficient (Wildman–Crippen LogP) is 1.67. The predicted molar refractivity (Wildman–Crippen MR) is 112 cm³/mol. The molecule has 0 saturated carbocycles. The Labute approximate surface area is 170 Å². The van der Waals surface area contributed by atoms with Crippen molar-refractivity contribution < 1.29 is 13.2 Å². The molecule has 150 valence electrons. The lowest BCUT2D eigenvalue weighted by Gasteiger charge is -2.28. The Morgan fingerprint density at radius 2 is 2.07 bits per heavy atom. The molecule has 3 aromatic rings. The van der Waals surface area contributed by atoms with E-state index in [2.05, 4.69) is 19.6 Å². The van der Waals surface area contributed by atoms with Gasteiger partial charge in [-0.2, -0.15) is 0 Å². The summed E-state index contributed by atoms with van der Waals surface area (Å²) in [5.41, 5.74) is 6.56. The summed E-state index contributed by atoms with van der Waals surface area (Å²) in [6.07, 6.45) is 1.67. The number of anilines is 2. The van der Waals surface area contributed by atoms with Gasteiger partial charge in [0.05, 0.1) is 40.3 Å². The lowest BCUT2D eigenvalue weighted by Crippen LogP contribution is -2.36. The molecule has 0 aromatic carbocycles. The van der Waals surface area contributed by atoms with Crippen LogP contribution in [-0.2, 0) is 21.3 Å². The van der Waals surface area contributed by atoms with Gasteiger partial charge in [0, 0.05) is 24.5 Å². The first-order valence-corrected chi connectivity index (χ1v) is 12.1. The molecule has 0 radical (unpaired) electrons. The second-order valence-corrected chi connectivity index (χ2v) is 10.5. The maximum atomic E-state index is 11.8. The maximum Gasteiger partial charge on any atom is 0.211 e. The SMILES string of the molecule is CCS(=O)(=O)NCc1cc2nc(-c3cnc(N)s3)nc(N3CCOCC3)c2s1. The second-order valence-electron chi connectivity index (χ2n) is 6.18. The molecular formula is C16H20N6O3S3. The minimum atomic E-state index is -3.26. The van der Waals surface area contributed by atoms with Crippen LogP contribution in [0.5, 0.6) is 0 Å². The standard InChI is InChI=1S/C16H20N6O3S3/c1-2-28(23,24)19-8-10-7-11-13(26-10)15(22-3-5-25-6-4-22)21-14(20-11)12-9-18-16(17)27-12/h7,9,19H,2-6,8H2,1H3,(H2,17,18). The van der Waals surface area contributed by atoms with Gasteiger partial charge in [0.25, 0.3) is 0 Å². The van der Waals surface area contributed by atoms with Crippen molar-refractivity contribution in [2.45, 2.75) is 13.5 Å². The van der Waals surface area contributed by atoms with Gasteiger partial charge in [-0.25, -0.2) is 28.1 Å². The topological polar surface area (TPSA) is 123 Å². The Bertz CT molecular complexity index is 1090. The lowest BCUT2D eigenvalue weighted by atomic mass is 10.3. The number of thiophene rings is 1. The molecule has 1 fully saturated rings. The molecule has 9 nitrogen and oxygen atoms in total. The van der Waals surface area contributed by atoms with Gasteiger partial charge in [-0.05, 0) is 13.0 Å². The van der Waals surface area contributed by atoms with Crippen LogP contribution in [0.15, 0.2) is 12.3 Å². The number of morpholine rings is 1. The fraction of sp³-hybridized carbons (Fsp3) is 0.438. The molecule has 0 spiro atoms. The van der Waals surface area contributed by atoms with E-state index < -0.39 is 10.0 Å². The number of fused-ring (bicyclic) bond motifs is 1. The van der Waals surface area contributed by atoms with E-state index in [0.717, 1.165) is 38.9 Å². The summed E-state index contributed by atoms with van der Waals surface area (Å²) in [5.74, 6) is 1.46. The second kappa shape index (κ2) is 7.87. The molecule has 0 bridgehead atoms. The van der Waals surface area contributed by atoms with Gasteiger partial charge in [-0.15, -0.1) is 11.3 Å². The number of rotatable bonds is 6. The summed E-state index contributed by atoms with van der Waals surface area (Å²) >= 11 is 2.84. The molecule has 1 aliphatic rings.